The molecule has 130 valence electrons. The van der Waals surface area contributed by atoms with Crippen molar-refractivity contribution in [1.82, 2.24) is 14.7 Å². The van der Waals surface area contributed by atoms with Gasteiger partial charge in [-0.2, -0.15) is 0 Å². The number of nitrogens with one attached hydrogen (secondary N) is 1. The van der Waals surface area contributed by atoms with Crippen LogP contribution < -0.4 is 5.32 Å². The second-order valence-corrected chi connectivity index (χ2v) is 6.21. The number of urea groups is 2. The number of rotatable bonds is 1. The van der Waals surface area contributed by atoms with E-state index in [2.05, 4.69) is 5.32 Å². The van der Waals surface area contributed by atoms with Gasteiger partial charge in [0.05, 0.1) is 5.69 Å². The van der Waals surface area contributed by atoms with Crippen LogP contribution in [0.1, 0.15) is 19.3 Å². The van der Waals surface area contributed by atoms with E-state index in [1.165, 1.54) is 18.6 Å². The van der Waals surface area contributed by atoms with Gasteiger partial charge in [-0.1, -0.05) is 12.1 Å². The normalized spacial score (nSPS) is 18.5. The van der Waals surface area contributed by atoms with Crippen LogP contribution in [-0.2, 0) is 0 Å². The first-order valence-corrected chi connectivity index (χ1v) is 8.49. The maximum Gasteiger partial charge on any atom is 0.322 e. The second-order valence-electron chi connectivity index (χ2n) is 6.21. The van der Waals surface area contributed by atoms with Crippen molar-refractivity contribution in [3.05, 3.63) is 30.1 Å². The van der Waals surface area contributed by atoms with Crippen molar-refractivity contribution >= 4 is 17.7 Å². The Morgan fingerprint density at radius 1 is 0.833 bits per heavy atom. The molecule has 7 heteroatoms. The molecule has 0 aromatic heterocycles. The summed E-state index contributed by atoms with van der Waals surface area (Å²) >= 11 is 0. The van der Waals surface area contributed by atoms with Gasteiger partial charge in [-0.15, -0.1) is 0 Å². The lowest BCUT2D eigenvalue weighted by molar-refractivity contribution is 0.116. The Balaban J connectivity index is 1.50. The molecule has 24 heavy (non-hydrogen) atoms. The van der Waals surface area contributed by atoms with Crippen molar-refractivity contribution in [1.29, 1.82) is 0 Å². The molecule has 0 saturated carbocycles. The quantitative estimate of drug-likeness (QED) is 0.858. The van der Waals surface area contributed by atoms with E-state index in [9.17, 15) is 14.0 Å². The van der Waals surface area contributed by atoms with Gasteiger partial charge in [0, 0.05) is 39.3 Å². The minimum Gasteiger partial charge on any atom is -0.325 e. The number of halogens is 1. The number of benzene rings is 1. The summed E-state index contributed by atoms with van der Waals surface area (Å²) in [5, 5.41) is 2.59. The number of piperazine rings is 1. The predicted molar refractivity (Wildman–Crippen MR) is 89.4 cm³/mol. The number of carbonyl (C=O) groups excluding carboxylic acids is 2. The molecule has 2 heterocycles. The molecule has 0 spiro atoms. The molecule has 0 radical (unpaired) electrons. The maximum atomic E-state index is 13.6. The molecular weight excluding hydrogens is 311 g/mol. The van der Waals surface area contributed by atoms with Crippen LogP contribution in [0.5, 0.6) is 0 Å². The summed E-state index contributed by atoms with van der Waals surface area (Å²) in [7, 11) is 0. The highest BCUT2D eigenvalue weighted by atomic mass is 19.1. The van der Waals surface area contributed by atoms with Gasteiger partial charge in [-0.3, -0.25) is 0 Å². The van der Waals surface area contributed by atoms with E-state index in [-0.39, 0.29) is 17.7 Å². The average Bonchev–Trinajstić information content (AvgIpc) is 2.64. The zero-order valence-corrected chi connectivity index (χ0v) is 13.7. The molecule has 2 aliphatic rings. The molecule has 2 saturated heterocycles. The van der Waals surface area contributed by atoms with Crippen molar-refractivity contribution in [3.8, 4) is 0 Å². The number of hydrogen-bond acceptors (Lipinski definition) is 2. The van der Waals surface area contributed by atoms with Crippen LogP contribution in [0, 0.1) is 5.82 Å². The molecular formula is C17H23FN4O2. The van der Waals surface area contributed by atoms with Gasteiger partial charge in [0.2, 0.25) is 0 Å². The average molecular weight is 334 g/mol. The smallest absolute Gasteiger partial charge is 0.322 e. The van der Waals surface area contributed by atoms with Crippen LogP contribution in [-0.4, -0.2) is 66.0 Å². The molecule has 2 aliphatic heterocycles. The second kappa shape index (κ2) is 7.51. The summed E-state index contributed by atoms with van der Waals surface area (Å²) in [6.07, 6.45) is 3.32. The first-order chi connectivity index (χ1) is 11.6. The van der Waals surface area contributed by atoms with Crippen LogP contribution in [0.15, 0.2) is 24.3 Å². The molecule has 0 atom stereocenters. The standard InChI is InChI=1S/C17H23FN4O2/c18-14-6-2-3-7-15(14)19-16(23)20-10-12-22(13-11-20)17(24)21-8-4-1-5-9-21/h2-3,6-7H,1,4-5,8-13H2,(H,19,23). The number of hydrogen-bond donors (Lipinski definition) is 1. The van der Waals surface area contributed by atoms with E-state index >= 15 is 0 Å². The number of amides is 4. The summed E-state index contributed by atoms with van der Waals surface area (Å²) in [4.78, 5) is 30.0. The third kappa shape index (κ3) is 3.77. The van der Waals surface area contributed by atoms with Crippen molar-refractivity contribution in [2.75, 3.05) is 44.6 Å². The van der Waals surface area contributed by atoms with E-state index in [0.29, 0.717) is 26.2 Å². The Hall–Kier alpha value is -2.31. The zero-order chi connectivity index (χ0) is 16.9. The monoisotopic (exact) mass is 334 g/mol. The third-order valence-electron chi connectivity index (χ3n) is 4.58. The summed E-state index contributed by atoms with van der Waals surface area (Å²) < 4.78 is 13.6. The Kier molecular flexibility index (Phi) is 5.17. The SMILES string of the molecule is O=C(Nc1ccccc1F)N1CCN(C(=O)N2CCCCC2)CC1. The Bertz CT molecular complexity index is 596. The van der Waals surface area contributed by atoms with Crippen LogP contribution in [0.4, 0.5) is 19.7 Å². The highest BCUT2D eigenvalue weighted by molar-refractivity contribution is 5.89. The molecule has 6 nitrogen and oxygen atoms in total. The molecule has 0 bridgehead atoms. The van der Waals surface area contributed by atoms with Crippen LogP contribution in [0.3, 0.4) is 0 Å². The minimum absolute atomic E-state index is 0.0730. The van der Waals surface area contributed by atoms with E-state index < -0.39 is 5.82 Å². The van der Waals surface area contributed by atoms with Gasteiger partial charge in [0.25, 0.3) is 0 Å². The number of para-hydroxylation sites is 1. The van der Waals surface area contributed by atoms with Gasteiger partial charge in [0.1, 0.15) is 5.82 Å². The summed E-state index contributed by atoms with van der Waals surface area (Å²) in [5.41, 5.74) is 0.175. The van der Waals surface area contributed by atoms with Crippen LogP contribution in [0.25, 0.3) is 0 Å². The number of piperidine rings is 1. The van der Waals surface area contributed by atoms with E-state index in [1.54, 1.807) is 21.9 Å². The fraction of sp³-hybridized carbons (Fsp3) is 0.529. The molecule has 1 aromatic carbocycles. The van der Waals surface area contributed by atoms with Crippen LogP contribution in [0.2, 0.25) is 0 Å². The first kappa shape index (κ1) is 16.5. The van der Waals surface area contributed by atoms with E-state index in [1.807, 2.05) is 4.90 Å². The maximum absolute atomic E-state index is 13.6. The lowest BCUT2D eigenvalue weighted by Crippen LogP contribution is -2.55. The topological polar surface area (TPSA) is 55.9 Å². The zero-order valence-electron chi connectivity index (χ0n) is 13.7. The van der Waals surface area contributed by atoms with Gasteiger partial charge >= 0.3 is 12.1 Å². The highest BCUT2D eigenvalue weighted by Crippen LogP contribution is 2.15. The Labute approximate surface area is 141 Å². The molecule has 0 aliphatic carbocycles. The number of likely N-dealkylation sites (tertiary alicyclic amines) is 1. The van der Waals surface area contributed by atoms with Gasteiger partial charge in [-0.05, 0) is 31.4 Å². The Morgan fingerprint density at radius 2 is 1.42 bits per heavy atom. The Morgan fingerprint density at radius 3 is 2.08 bits per heavy atom. The van der Waals surface area contributed by atoms with E-state index in [0.717, 1.165) is 25.9 Å². The highest BCUT2D eigenvalue weighted by Gasteiger charge is 2.28. The molecule has 4 amide bonds. The molecule has 3 rings (SSSR count). The van der Waals surface area contributed by atoms with Crippen molar-refractivity contribution in [2.45, 2.75) is 19.3 Å². The van der Waals surface area contributed by atoms with Gasteiger partial charge < -0.3 is 20.0 Å². The number of anilines is 1. The minimum atomic E-state index is -0.454. The molecule has 2 fully saturated rings. The third-order valence-corrected chi connectivity index (χ3v) is 4.58. The fourth-order valence-corrected chi connectivity index (χ4v) is 3.14. The van der Waals surface area contributed by atoms with E-state index in [4.69, 9.17) is 0 Å². The number of carbonyl (C=O) groups is 2. The van der Waals surface area contributed by atoms with Crippen molar-refractivity contribution in [3.63, 3.8) is 0 Å². The lowest BCUT2D eigenvalue weighted by atomic mass is 10.1. The first-order valence-electron chi connectivity index (χ1n) is 8.49. The fourth-order valence-electron chi connectivity index (χ4n) is 3.14. The number of nitrogens with zero attached hydrogens (tertiary/aromatic N) is 3. The lowest BCUT2D eigenvalue weighted by Gasteiger charge is -2.38. The van der Waals surface area contributed by atoms with Crippen molar-refractivity contribution in [2.24, 2.45) is 0 Å². The van der Waals surface area contributed by atoms with Gasteiger partial charge in [0.15, 0.2) is 0 Å². The molecule has 1 N–H and O–H groups in total. The predicted octanol–water partition coefficient (Wildman–Crippen LogP) is 2.58. The van der Waals surface area contributed by atoms with Gasteiger partial charge in [-0.25, -0.2) is 14.0 Å². The summed E-state index contributed by atoms with van der Waals surface area (Å²) in [6.45, 7) is 3.60. The summed E-state index contributed by atoms with van der Waals surface area (Å²) in [6, 6.07) is 5.84. The summed E-state index contributed by atoms with van der Waals surface area (Å²) in [5.74, 6) is -0.454. The largest absolute Gasteiger partial charge is 0.325 e. The van der Waals surface area contributed by atoms with Crippen LogP contribution >= 0.6 is 0 Å². The molecule has 0 unspecified atom stereocenters. The van der Waals surface area contributed by atoms with Crippen molar-refractivity contribution < 1.29 is 14.0 Å². The molecule has 1 aromatic rings.